The van der Waals surface area contributed by atoms with Crippen LogP contribution in [0.25, 0.3) is 0 Å². The normalized spacial score (nSPS) is 10.4. The number of halogens is 2. The van der Waals surface area contributed by atoms with Gasteiger partial charge in [-0.3, -0.25) is 4.98 Å². The highest BCUT2D eigenvalue weighted by molar-refractivity contribution is 6.32. The number of hydrogen-bond donors (Lipinski definition) is 0. The van der Waals surface area contributed by atoms with Crippen LogP contribution in [0.3, 0.4) is 0 Å². The molecule has 18 heavy (non-hydrogen) atoms. The molecule has 0 spiro atoms. The Kier molecular flexibility index (Phi) is 4.45. The fourth-order valence-electron chi connectivity index (χ4n) is 1.64. The van der Waals surface area contributed by atoms with Crippen molar-refractivity contribution in [3.8, 4) is 5.75 Å². The number of alkyl halides is 1. The van der Waals surface area contributed by atoms with Crippen molar-refractivity contribution in [2.75, 3.05) is 0 Å². The summed E-state index contributed by atoms with van der Waals surface area (Å²) in [7, 11) is 0. The quantitative estimate of drug-likeness (QED) is 0.777. The summed E-state index contributed by atoms with van der Waals surface area (Å²) in [6.45, 7) is 2.36. The van der Waals surface area contributed by atoms with Gasteiger partial charge in [-0.05, 0) is 31.2 Å². The molecule has 1 aromatic heterocycles. The van der Waals surface area contributed by atoms with Crippen LogP contribution in [-0.4, -0.2) is 4.98 Å². The van der Waals surface area contributed by atoms with Gasteiger partial charge in [0.2, 0.25) is 0 Å². The van der Waals surface area contributed by atoms with Gasteiger partial charge in [0.05, 0.1) is 11.6 Å². The molecule has 94 valence electrons. The summed E-state index contributed by atoms with van der Waals surface area (Å²) in [4.78, 5) is 4.38. The lowest BCUT2D eigenvalue weighted by molar-refractivity contribution is 0.299. The van der Waals surface area contributed by atoms with Crippen LogP contribution in [0.15, 0.2) is 36.4 Å². The molecule has 0 radical (unpaired) electrons. The first-order valence-corrected chi connectivity index (χ1v) is 6.50. The summed E-state index contributed by atoms with van der Waals surface area (Å²) in [5.74, 6) is 1.04. The van der Waals surface area contributed by atoms with Gasteiger partial charge in [0.25, 0.3) is 0 Å². The Morgan fingerprint density at radius 1 is 1.17 bits per heavy atom. The zero-order valence-corrected chi connectivity index (χ0v) is 11.5. The highest BCUT2D eigenvalue weighted by Gasteiger charge is 2.07. The van der Waals surface area contributed by atoms with Crippen molar-refractivity contribution in [2.45, 2.75) is 19.4 Å². The van der Waals surface area contributed by atoms with E-state index in [4.69, 9.17) is 27.9 Å². The minimum Gasteiger partial charge on any atom is -0.487 e. The van der Waals surface area contributed by atoms with Crippen LogP contribution >= 0.6 is 23.2 Å². The third kappa shape index (κ3) is 3.15. The van der Waals surface area contributed by atoms with Crippen LogP contribution < -0.4 is 4.74 Å². The zero-order valence-electron chi connectivity index (χ0n) is 9.99. The molecule has 0 unspecified atom stereocenters. The monoisotopic (exact) mass is 281 g/mol. The van der Waals surface area contributed by atoms with Crippen LogP contribution in [0.4, 0.5) is 0 Å². The van der Waals surface area contributed by atoms with Crippen molar-refractivity contribution in [2.24, 2.45) is 0 Å². The van der Waals surface area contributed by atoms with E-state index in [2.05, 4.69) is 4.98 Å². The SMILES string of the molecule is Cc1cccc(COc2cccc(Cl)c2CCl)n1. The molecule has 0 aliphatic rings. The number of pyridine rings is 1. The summed E-state index contributed by atoms with van der Waals surface area (Å²) in [5.41, 5.74) is 2.67. The lowest BCUT2D eigenvalue weighted by Gasteiger charge is -2.11. The summed E-state index contributed by atoms with van der Waals surface area (Å²) >= 11 is 11.9. The maximum Gasteiger partial charge on any atom is 0.130 e. The molecule has 1 heterocycles. The maximum absolute atomic E-state index is 6.06. The summed E-state index contributed by atoms with van der Waals surface area (Å²) in [6, 6.07) is 11.3. The van der Waals surface area contributed by atoms with Gasteiger partial charge in [-0.15, -0.1) is 11.6 Å². The Morgan fingerprint density at radius 3 is 2.67 bits per heavy atom. The fraction of sp³-hybridized carbons (Fsp3) is 0.214. The van der Waals surface area contributed by atoms with Gasteiger partial charge in [0, 0.05) is 16.3 Å². The molecule has 0 bridgehead atoms. The van der Waals surface area contributed by atoms with Crippen LogP contribution in [0.1, 0.15) is 17.0 Å². The molecule has 0 saturated heterocycles. The smallest absolute Gasteiger partial charge is 0.130 e. The number of nitrogens with zero attached hydrogens (tertiary/aromatic N) is 1. The van der Waals surface area contributed by atoms with E-state index in [1.807, 2.05) is 37.3 Å². The molecular formula is C14H13Cl2NO. The standard InChI is InChI=1S/C14H13Cl2NO/c1-10-4-2-5-11(17-10)9-18-14-7-3-6-13(16)12(14)8-15/h2-7H,8-9H2,1H3. The van der Waals surface area contributed by atoms with E-state index >= 15 is 0 Å². The second kappa shape index (κ2) is 6.07. The van der Waals surface area contributed by atoms with Crippen molar-refractivity contribution in [1.82, 2.24) is 4.98 Å². The summed E-state index contributed by atoms with van der Waals surface area (Å²) in [6.07, 6.45) is 0. The van der Waals surface area contributed by atoms with Crippen LogP contribution in [0.2, 0.25) is 5.02 Å². The molecule has 4 heteroatoms. The van der Waals surface area contributed by atoms with E-state index in [0.717, 1.165) is 17.0 Å². The van der Waals surface area contributed by atoms with E-state index in [-0.39, 0.29) is 0 Å². The second-order valence-corrected chi connectivity index (χ2v) is 4.58. The van der Waals surface area contributed by atoms with Gasteiger partial charge in [-0.2, -0.15) is 0 Å². The second-order valence-electron chi connectivity index (χ2n) is 3.91. The molecule has 1 aromatic carbocycles. The molecule has 0 aliphatic carbocycles. The van der Waals surface area contributed by atoms with Crippen LogP contribution in [0.5, 0.6) is 5.75 Å². The van der Waals surface area contributed by atoms with E-state index in [1.54, 1.807) is 6.07 Å². The van der Waals surface area contributed by atoms with Crippen molar-refractivity contribution < 1.29 is 4.74 Å². The minimum atomic E-state index is 0.330. The van der Waals surface area contributed by atoms with Gasteiger partial charge in [-0.25, -0.2) is 0 Å². The summed E-state index contributed by atoms with van der Waals surface area (Å²) < 4.78 is 5.72. The molecule has 2 aromatic rings. The highest BCUT2D eigenvalue weighted by atomic mass is 35.5. The minimum absolute atomic E-state index is 0.330. The largest absolute Gasteiger partial charge is 0.487 e. The number of benzene rings is 1. The Hall–Kier alpha value is -1.25. The van der Waals surface area contributed by atoms with Gasteiger partial charge >= 0.3 is 0 Å². The molecule has 0 N–H and O–H groups in total. The number of ether oxygens (including phenoxy) is 1. The Balaban J connectivity index is 2.13. The lowest BCUT2D eigenvalue weighted by Crippen LogP contribution is -2.01. The number of aryl methyl sites for hydroxylation is 1. The Morgan fingerprint density at radius 2 is 1.94 bits per heavy atom. The number of aromatic nitrogens is 1. The van der Waals surface area contributed by atoms with Gasteiger partial charge < -0.3 is 4.74 Å². The molecular weight excluding hydrogens is 269 g/mol. The first kappa shape index (κ1) is 13.2. The van der Waals surface area contributed by atoms with Crippen molar-refractivity contribution in [3.63, 3.8) is 0 Å². The van der Waals surface area contributed by atoms with Gasteiger partial charge in [0.1, 0.15) is 12.4 Å². The predicted octanol–water partition coefficient (Wildman–Crippen LogP) is 4.36. The molecule has 2 nitrogen and oxygen atoms in total. The zero-order chi connectivity index (χ0) is 13.0. The Labute approximate surface area is 117 Å². The number of hydrogen-bond acceptors (Lipinski definition) is 2. The Bertz CT molecular complexity index is 543. The summed E-state index contributed by atoms with van der Waals surface area (Å²) in [5, 5.41) is 0.625. The van der Waals surface area contributed by atoms with E-state index in [0.29, 0.717) is 23.3 Å². The molecule has 0 fully saturated rings. The van der Waals surface area contributed by atoms with Crippen molar-refractivity contribution >= 4 is 23.2 Å². The van der Waals surface area contributed by atoms with Crippen molar-refractivity contribution in [1.29, 1.82) is 0 Å². The van der Waals surface area contributed by atoms with Crippen LogP contribution in [-0.2, 0) is 12.5 Å². The van der Waals surface area contributed by atoms with Crippen LogP contribution in [0, 0.1) is 6.92 Å². The molecule has 0 amide bonds. The molecule has 0 saturated carbocycles. The molecule has 2 rings (SSSR count). The number of rotatable bonds is 4. The van der Waals surface area contributed by atoms with E-state index in [1.165, 1.54) is 0 Å². The fourth-order valence-corrected chi connectivity index (χ4v) is 2.21. The van der Waals surface area contributed by atoms with Gasteiger partial charge in [0.15, 0.2) is 0 Å². The third-order valence-electron chi connectivity index (χ3n) is 2.53. The lowest BCUT2D eigenvalue weighted by atomic mass is 10.2. The average molecular weight is 282 g/mol. The first-order valence-electron chi connectivity index (χ1n) is 5.59. The average Bonchev–Trinajstić information content (AvgIpc) is 2.36. The van der Waals surface area contributed by atoms with Gasteiger partial charge in [-0.1, -0.05) is 23.7 Å². The third-order valence-corrected chi connectivity index (χ3v) is 3.15. The molecule has 0 atom stereocenters. The van der Waals surface area contributed by atoms with E-state index in [9.17, 15) is 0 Å². The van der Waals surface area contributed by atoms with Crippen molar-refractivity contribution in [3.05, 3.63) is 58.4 Å². The first-order chi connectivity index (χ1) is 8.70. The van der Waals surface area contributed by atoms with E-state index < -0.39 is 0 Å². The maximum atomic E-state index is 6.06. The topological polar surface area (TPSA) is 22.1 Å². The highest BCUT2D eigenvalue weighted by Crippen LogP contribution is 2.28. The molecule has 0 aliphatic heterocycles. The predicted molar refractivity (Wildman–Crippen MR) is 74.3 cm³/mol.